The quantitative estimate of drug-likeness (QED) is 0.434. The van der Waals surface area contributed by atoms with Gasteiger partial charge in [-0.3, -0.25) is 4.79 Å². The van der Waals surface area contributed by atoms with Gasteiger partial charge in [0.2, 0.25) is 5.91 Å². The Morgan fingerprint density at radius 2 is 1.87 bits per heavy atom. The highest BCUT2D eigenvalue weighted by atomic mass is 32.2. The summed E-state index contributed by atoms with van der Waals surface area (Å²) in [6.45, 7) is 8.70. The van der Waals surface area contributed by atoms with E-state index in [0.29, 0.717) is 18.9 Å². The highest BCUT2D eigenvalue weighted by molar-refractivity contribution is 8.00. The Morgan fingerprint density at radius 1 is 1.10 bits per heavy atom. The molecule has 3 aromatic rings. The Morgan fingerprint density at radius 3 is 2.61 bits per heavy atom. The van der Waals surface area contributed by atoms with Crippen molar-refractivity contribution in [2.24, 2.45) is 0 Å². The predicted molar refractivity (Wildman–Crippen MR) is 125 cm³/mol. The first-order valence-corrected chi connectivity index (χ1v) is 11.4. The van der Waals surface area contributed by atoms with Gasteiger partial charge in [0, 0.05) is 23.2 Å². The van der Waals surface area contributed by atoms with Crippen LogP contribution in [0.15, 0.2) is 53.6 Å². The summed E-state index contributed by atoms with van der Waals surface area (Å²) in [4.78, 5) is 22.2. The zero-order valence-electron chi connectivity index (χ0n) is 18.4. The summed E-state index contributed by atoms with van der Waals surface area (Å²) in [7, 11) is 0. The lowest BCUT2D eigenvalue weighted by molar-refractivity contribution is -0.113. The number of rotatable bonds is 5. The van der Waals surface area contributed by atoms with Crippen LogP contribution in [0.3, 0.4) is 0 Å². The molecule has 6 heteroatoms. The van der Waals surface area contributed by atoms with E-state index in [1.165, 1.54) is 17.3 Å². The summed E-state index contributed by atoms with van der Waals surface area (Å²) in [6.07, 6.45) is 0.715. The van der Waals surface area contributed by atoms with E-state index in [0.717, 1.165) is 33.1 Å². The van der Waals surface area contributed by atoms with E-state index in [9.17, 15) is 4.79 Å². The Kier molecular flexibility index (Phi) is 6.12. The van der Waals surface area contributed by atoms with Gasteiger partial charge in [-0.25, -0.2) is 9.97 Å². The van der Waals surface area contributed by atoms with Crippen molar-refractivity contribution in [2.45, 2.75) is 51.3 Å². The summed E-state index contributed by atoms with van der Waals surface area (Å²) in [5.41, 5.74) is 5.87. The van der Waals surface area contributed by atoms with Crippen molar-refractivity contribution in [3.8, 4) is 11.4 Å². The minimum absolute atomic E-state index is 0.0565. The Bertz CT molecular complexity index is 1110. The van der Waals surface area contributed by atoms with Gasteiger partial charge >= 0.3 is 0 Å². The Hall–Kier alpha value is -2.70. The van der Waals surface area contributed by atoms with Gasteiger partial charge < -0.3 is 10.1 Å². The molecule has 0 bridgehead atoms. The van der Waals surface area contributed by atoms with Gasteiger partial charge in [-0.1, -0.05) is 48.2 Å². The molecule has 1 aliphatic heterocycles. The molecule has 0 fully saturated rings. The van der Waals surface area contributed by atoms with E-state index >= 15 is 0 Å². The summed E-state index contributed by atoms with van der Waals surface area (Å²) in [5.74, 6) is 0.904. The topological polar surface area (TPSA) is 64.1 Å². The average molecular weight is 434 g/mol. The summed E-state index contributed by atoms with van der Waals surface area (Å²) in [6, 6.07) is 15.9. The van der Waals surface area contributed by atoms with Crippen LogP contribution in [0, 0.1) is 13.8 Å². The number of benzene rings is 2. The smallest absolute Gasteiger partial charge is 0.234 e. The van der Waals surface area contributed by atoms with Gasteiger partial charge in [0.05, 0.1) is 23.7 Å². The highest BCUT2D eigenvalue weighted by Gasteiger charge is 2.30. The average Bonchev–Trinajstić information content (AvgIpc) is 2.74. The van der Waals surface area contributed by atoms with Crippen LogP contribution in [0.1, 0.15) is 36.2 Å². The molecule has 0 aliphatic carbocycles. The van der Waals surface area contributed by atoms with Gasteiger partial charge in [-0.15, -0.1) is 0 Å². The number of fused-ring (bicyclic) bond motifs is 1. The fourth-order valence-electron chi connectivity index (χ4n) is 3.51. The lowest BCUT2D eigenvalue weighted by atomic mass is 9.96. The van der Waals surface area contributed by atoms with Crippen LogP contribution in [0.4, 0.5) is 5.69 Å². The number of ether oxygens (including phenoxy) is 1. The lowest BCUT2D eigenvalue weighted by Gasteiger charge is -2.32. The number of carbonyl (C=O) groups is 1. The van der Waals surface area contributed by atoms with Gasteiger partial charge in [-0.2, -0.15) is 0 Å². The number of nitrogens with zero attached hydrogens (tertiary/aromatic N) is 2. The normalized spacial score (nSPS) is 14.7. The number of aryl methyl sites for hydroxylation is 2. The van der Waals surface area contributed by atoms with E-state index in [1.54, 1.807) is 0 Å². The van der Waals surface area contributed by atoms with Crippen LogP contribution in [-0.2, 0) is 22.6 Å². The van der Waals surface area contributed by atoms with E-state index in [-0.39, 0.29) is 17.3 Å². The van der Waals surface area contributed by atoms with Crippen LogP contribution >= 0.6 is 11.8 Å². The van der Waals surface area contributed by atoms with Gasteiger partial charge in [-0.05, 0) is 51.0 Å². The molecule has 2 aromatic carbocycles. The van der Waals surface area contributed by atoms with E-state index < -0.39 is 0 Å². The van der Waals surface area contributed by atoms with Crippen molar-refractivity contribution >= 4 is 23.4 Å². The molecule has 0 saturated heterocycles. The maximum atomic E-state index is 12.6. The number of amides is 1. The SMILES string of the molecule is Cc1ccc(NC(=O)CSc2nc(-c3ccccc3)nc3c2COC(C)(C)C3)cc1C. The first-order chi connectivity index (χ1) is 14.8. The first-order valence-electron chi connectivity index (χ1n) is 10.4. The standard InChI is InChI=1S/C25H27N3O2S/c1-16-10-11-19(12-17(16)2)26-22(29)15-31-24-20-14-30-25(3,4)13-21(20)27-23(28-24)18-8-6-5-7-9-18/h5-12H,13-15H2,1-4H3,(H,26,29). The summed E-state index contributed by atoms with van der Waals surface area (Å²) >= 11 is 1.44. The van der Waals surface area contributed by atoms with Crippen molar-refractivity contribution in [1.82, 2.24) is 9.97 Å². The fourth-order valence-corrected chi connectivity index (χ4v) is 4.35. The summed E-state index contributed by atoms with van der Waals surface area (Å²) in [5, 5.41) is 3.80. The van der Waals surface area contributed by atoms with Crippen molar-refractivity contribution in [3.05, 3.63) is 70.9 Å². The van der Waals surface area contributed by atoms with E-state index in [2.05, 4.69) is 26.1 Å². The van der Waals surface area contributed by atoms with Crippen molar-refractivity contribution in [1.29, 1.82) is 0 Å². The van der Waals surface area contributed by atoms with Crippen molar-refractivity contribution in [3.63, 3.8) is 0 Å². The first kappa shape index (κ1) is 21.5. The monoisotopic (exact) mass is 433 g/mol. The third-order valence-corrected chi connectivity index (χ3v) is 6.44. The number of hydrogen-bond acceptors (Lipinski definition) is 5. The minimum Gasteiger partial charge on any atom is -0.370 e. The lowest BCUT2D eigenvalue weighted by Crippen LogP contribution is -2.33. The maximum absolute atomic E-state index is 12.6. The zero-order chi connectivity index (χ0) is 22.0. The van der Waals surface area contributed by atoms with Gasteiger partial charge in [0.25, 0.3) is 0 Å². The molecular weight excluding hydrogens is 406 g/mol. The molecule has 1 aliphatic rings. The number of thioether (sulfide) groups is 1. The molecule has 5 nitrogen and oxygen atoms in total. The zero-order valence-corrected chi connectivity index (χ0v) is 19.2. The second kappa shape index (κ2) is 8.81. The molecule has 0 saturated carbocycles. The maximum Gasteiger partial charge on any atom is 0.234 e. The number of aromatic nitrogens is 2. The molecule has 0 unspecified atom stereocenters. The van der Waals surface area contributed by atoms with Crippen LogP contribution in [-0.4, -0.2) is 27.2 Å². The third kappa shape index (κ3) is 5.14. The summed E-state index contributed by atoms with van der Waals surface area (Å²) < 4.78 is 6.01. The van der Waals surface area contributed by atoms with Crippen LogP contribution in [0.25, 0.3) is 11.4 Å². The minimum atomic E-state index is -0.266. The second-order valence-electron chi connectivity index (χ2n) is 8.50. The predicted octanol–water partition coefficient (Wildman–Crippen LogP) is 5.34. The fraction of sp³-hybridized carbons (Fsp3) is 0.320. The van der Waals surface area contributed by atoms with E-state index in [4.69, 9.17) is 14.7 Å². The molecule has 1 N–H and O–H groups in total. The van der Waals surface area contributed by atoms with Crippen LogP contribution < -0.4 is 5.32 Å². The largest absolute Gasteiger partial charge is 0.370 e. The molecule has 0 radical (unpaired) electrons. The van der Waals surface area contributed by atoms with Crippen LogP contribution in [0.2, 0.25) is 0 Å². The van der Waals surface area contributed by atoms with Crippen molar-refractivity contribution < 1.29 is 9.53 Å². The molecule has 1 amide bonds. The third-order valence-electron chi connectivity index (χ3n) is 5.42. The molecular formula is C25H27N3O2S. The molecule has 2 heterocycles. The number of anilines is 1. The second-order valence-corrected chi connectivity index (χ2v) is 9.47. The van der Waals surface area contributed by atoms with E-state index in [1.807, 2.05) is 55.5 Å². The molecule has 31 heavy (non-hydrogen) atoms. The Balaban J connectivity index is 1.56. The number of carbonyl (C=O) groups excluding carboxylic acids is 1. The highest BCUT2D eigenvalue weighted by Crippen LogP contribution is 2.34. The number of hydrogen-bond donors (Lipinski definition) is 1. The van der Waals surface area contributed by atoms with Gasteiger partial charge in [0.15, 0.2) is 5.82 Å². The molecule has 0 spiro atoms. The molecule has 160 valence electrons. The van der Waals surface area contributed by atoms with Crippen LogP contribution in [0.5, 0.6) is 0 Å². The molecule has 0 atom stereocenters. The van der Waals surface area contributed by atoms with Gasteiger partial charge in [0.1, 0.15) is 5.03 Å². The Labute approximate surface area is 187 Å². The van der Waals surface area contributed by atoms with Crippen molar-refractivity contribution in [2.75, 3.05) is 11.1 Å². The molecule has 1 aromatic heterocycles. The molecule has 4 rings (SSSR count). The number of nitrogens with one attached hydrogen (secondary N) is 1.